The van der Waals surface area contributed by atoms with Crippen LogP contribution in [-0.2, 0) is 0 Å². The van der Waals surface area contributed by atoms with Crippen LogP contribution in [0.4, 0.5) is 0 Å². The molecule has 0 fully saturated rings. The van der Waals surface area contributed by atoms with Gasteiger partial charge in [0.15, 0.2) is 10.8 Å². The van der Waals surface area contributed by atoms with Gasteiger partial charge in [0.1, 0.15) is 11.4 Å². The fraction of sp³-hybridized carbons (Fsp3) is 0.111. The summed E-state index contributed by atoms with van der Waals surface area (Å²) >= 11 is 3.13. The summed E-state index contributed by atoms with van der Waals surface area (Å²) in [5.41, 5.74) is 2.91. The molecule has 5 aromatic rings. The molecule has 128 valence electrons. The first kappa shape index (κ1) is 15.4. The summed E-state index contributed by atoms with van der Waals surface area (Å²) in [6, 6.07) is 11.9. The molecule has 6 nitrogen and oxygen atoms in total. The molecule has 0 aliphatic carbocycles. The average molecular weight is 379 g/mol. The van der Waals surface area contributed by atoms with Crippen LogP contribution >= 0.6 is 22.7 Å². The van der Waals surface area contributed by atoms with Crippen LogP contribution in [0.25, 0.3) is 37.3 Å². The Kier molecular flexibility index (Phi) is 3.47. The zero-order valence-corrected chi connectivity index (χ0v) is 15.6. The lowest BCUT2D eigenvalue weighted by Gasteiger charge is -2.03. The standard InChI is InChI=1S/C18H13N5OS2/c1-10-7-8-25-15(10)16-20-21-18-23(16)22-17(26-18)14-5-3-11-9-12(24-2)4-6-13(11)19-14/h3-9H,1-2H3. The summed E-state index contributed by atoms with van der Waals surface area (Å²) in [4.78, 5) is 6.59. The van der Waals surface area contributed by atoms with Crippen molar-refractivity contribution in [2.24, 2.45) is 0 Å². The molecule has 4 heterocycles. The number of benzene rings is 1. The minimum Gasteiger partial charge on any atom is -0.497 e. The van der Waals surface area contributed by atoms with E-state index in [4.69, 9.17) is 14.8 Å². The summed E-state index contributed by atoms with van der Waals surface area (Å²) in [6.07, 6.45) is 0. The molecule has 1 aromatic carbocycles. The normalized spacial score (nSPS) is 11.5. The van der Waals surface area contributed by atoms with Crippen LogP contribution in [0.2, 0.25) is 0 Å². The van der Waals surface area contributed by atoms with Crippen molar-refractivity contribution in [1.82, 2.24) is 24.8 Å². The van der Waals surface area contributed by atoms with Crippen molar-refractivity contribution in [3.63, 3.8) is 0 Å². The average Bonchev–Trinajstić information content (AvgIpc) is 3.36. The van der Waals surface area contributed by atoms with Gasteiger partial charge in [-0.2, -0.15) is 9.61 Å². The molecule has 0 aliphatic heterocycles. The van der Waals surface area contributed by atoms with Crippen LogP contribution < -0.4 is 4.74 Å². The predicted molar refractivity (Wildman–Crippen MR) is 104 cm³/mol. The smallest absolute Gasteiger partial charge is 0.235 e. The lowest BCUT2D eigenvalue weighted by Crippen LogP contribution is -1.91. The van der Waals surface area contributed by atoms with E-state index in [1.165, 1.54) is 16.9 Å². The zero-order chi connectivity index (χ0) is 17.7. The predicted octanol–water partition coefficient (Wildman–Crippen LogP) is 4.45. The van der Waals surface area contributed by atoms with E-state index in [0.717, 1.165) is 43.0 Å². The maximum Gasteiger partial charge on any atom is 0.235 e. The molecule has 5 rings (SSSR count). The van der Waals surface area contributed by atoms with E-state index < -0.39 is 0 Å². The molecule has 0 saturated carbocycles. The zero-order valence-electron chi connectivity index (χ0n) is 14.0. The van der Waals surface area contributed by atoms with Crippen molar-refractivity contribution >= 4 is 38.5 Å². The summed E-state index contributed by atoms with van der Waals surface area (Å²) in [6.45, 7) is 2.07. The van der Waals surface area contributed by atoms with Crippen molar-refractivity contribution in [3.05, 3.63) is 47.3 Å². The molecule has 0 radical (unpaired) electrons. The molecule has 26 heavy (non-hydrogen) atoms. The molecule has 0 saturated heterocycles. The second-order valence-corrected chi connectivity index (χ2v) is 7.69. The quantitative estimate of drug-likeness (QED) is 0.463. The molecular formula is C18H13N5OS2. The maximum atomic E-state index is 5.27. The maximum absolute atomic E-state index is 5.27. The van der Waals surface area contributed by atoms with Crippen LogP contribution in [-0.4, -0.2) is 31.9 Å². The topological polar surface area (TPSA) is 65.2 Å². The third-order valence-corrected chi connectivity index (χ3v) is 6.11. The highest BCUT2D eigenvalue weighted by Crippen LogP contribution is 2.32. The number of thiophene rings is 1. The van der Waals surface area contributed by atoms with E-state index in [0.29, 0.717) is 0 Å². The van der Waals surface area contributed by atoms with E-state index in [1.807, 2.05) is 30.3 Å². The second kappa shape index (κ2) is 5.86. The first-order valence-corrected chi connectivity index (χ1v) is 9.64. The van der Waals surface area contributed by atoms with Crippen molar-refractivity contribution in [1.29, 1.82) is 0 Å². The third-order valence-electron chi connectivity index (χ3n) is 4.17. The van der Waals surface area contributed by atoms with Gasteiger partial charge in [-0.3, -0.25) is 0 Å². The van der Waals surface area contributed by atoms with Gasteiger partial charge < -0.3 is 4.74 Å². The van der Waals surface area contributed by atoms with Gasteiger partial charge in [0.2, 0.25) is 4.96 Å². The minimum atomic E-state index is 0.763. The van der Waals surface area contributed by atoms with Gasteiger partial charge in [0.25, 0.3) is 0 Å². The molecule has 0 amide bonds. The minimum absolute atomic E-state index is 0.763. The first-order valence-electron chi connectivity index (χ1n) is 7.95. The molecule has 4 aromatic heterocycles. The number of aryl methyl sites for hydroxylation is 1. The van der Waals surface area contributed by atoms with E-state index >= 15 is 0 Å². The van der Waals surface area contributed by atoms with Gasteiger partial charge in [-0.1, -0.05) is 17.4 Å². The Morgan fingerprint density at radius 3 is 2.81 bits per heavy atom. The molecule has 0 unspecified atom stereocenters. The number of nitrogens with zero attached hydrogens (tertiary/aromatic N) is 5. The Hall–Kier alpha value is -2.84. The molecule has 8 heteroatoms. The molecular weight excluding hydrogens is 366 g/mol. The summed E-state index contributed by atoms with van der Waals surface area (Å²) in [7, 11) is 1.66. The van der Waals surface area contributed by atoms with Crippen molar-refractivity contribution in [2.45, 2.75) is 6.92 Å². The van der Waals surface area contributed by atoms with Crippen molar-refractivity contribution < 1.29 is 4.74 Å². The Morgan fingerprint density at radius 1 is 1.08 bits per heavy atom. The monoisotopic (exact) mass is 379 g/mol. The molecule has 0 atom stereocenters. The Labute approximate surface area is 156 Å². The van der Waals surface area contributed by atoms with Crippen LogP contribution in [0, 0.1) is 6.92 Å². The molecule has 0 aliphatic rings. The number of aromatic nitrogens is 5. The fourth-order valence-electron chi connectivity index (χ4n) is 2.81. The van der Waals surface area contributed by atoms with Crippen LogP contribution in [0.3, 0.4) is 0 Å². The summed E-state index contributed by atoms with van der Waals surface area (Å²) < 4.78 is 7.07. The number of fused-ring (bicyclic) bond motifs is 2. The highest BCUT2D eigenvalue weighted by atomic mass is 32.1. The Morgan fingerprint density at radius 2 is 2.00 bits per heavy atom. The second-order valence-electron chi connectivity index (χ2n) is 5.81. The largest absolute Gasteiger partial charge is 0.497 e. The summed E-state index contributed by atoms with van der Waals surface area (Å²) in [5.74, 6) is 1.60. The van der Waals surface area contributed by atoms with Gasteiger partial charge in [0, 0.05) is 5.39 Å². The number of hydrogen-bond donors (Lipinski definition) is 0. The number of methoxy groups -OCH3 is 1. The number of pyridine rings is 1. The van der Waals surface area contributed by atoms with Gasteiger partial charge in [-0.15, -0.1) is 21.5 Å². The van der Waals surface area contributed by atoms with Crippen LogP contribution in [0.1, 0.15) is 5.56 Å². The summed E-state index contributed by atoms with van der Waals surface area (Å²) in [5, 5.41) is 17.2. The molecule has 0 spiro atoms. The van der Waals surface area contributed by atoms with Crippen molar-refractivity contribution in [3.8, 4) is 27.2 Å². The lowest BCUT2D eigenvalue weighted by atomic mass is 10.2. The Balaban J connectivity index is 1.62. The lowest BCUT2D eigenvalue weighted by molar-refractivity contribution is 0.415. The van der Waals surface area contributed by atoms with Gasteiger partial charge in [0.05, 0.1) is 17.5 Å². The number of rotatable bonds is 3. The van der Waals surface area contributed by atoms with Gasteiger partial charge in [-0.05, 0) is 48.2 Å². The van der Waals surface area contributed by atoms with Crippen LogP contribution in [0.5, 0.6) is 5.75 Å². The van der Waals surface area contributed by atoms with Crippen molar-refractivity contribution in [2.75, 3.05) is 7.11 Å². The highest BCUT2D eigenvalue weighted by Gasteiger charge is 2.17. The van der Waals surface area contributed by atoms with E-state index in [9.17, 15) is 0 Å². The highest BCUT2D eigenvalue weighted by molar-refractivity contribution is 7.19. The molecule has 0 bridgehead atoms. The van der Waals surface area contributed by atoms with Gasteiger partial charge in [-0.25, -0.2) is 4.98 Å². The SMILES string of the molecule is COc1ccc2nc(-c3nn4c(-c5sccc5C)nnc4s3)ccc2c1. The van der Waals surface area contributed by atoms with E-state index in [-0.39, 0.29) is 0 Å². The number of ether oxygens (including phenoxy) is 1. The first-order chi connectivity index (χ1) is 12.7. The van der Waals surface area contributed by atoms with Gasteiger partial charge >= 0.3 is 0 Å². The number of hydrogen-bond acceptors (Lipinski definition) is 7. The Bertz CT molecular complexity index is 1250. The van der Waals surface area contributed by atoms with E-state index in [1.54, 1.807) is 23.0 Å². The fourth-order valence-corrected chi connectivity index (χ4v) is 4.52. The van der Waals surface area contributed by atoms with E-state index in [2.05, 4.69) is 28.6 Å². The third kappa shape index (κ3) is 2.38. The molecule has 0 N–H and O–H groups in total. The van der Waals surface area contributed by atoms with Crippen LogP contribution in [0.15, 0.2) is 41.8 Å².